The molecule has 8 nitrogen and oxygen atoms in total. The zero-order chi connectivity index (χ0) is 24.5. The summed E-state index contributed by atoms with van der Waals surface area (Å²) in [6, 6.07) is 12.0. The van der Waals surface area contributed by atoms with Crippen LogP contribution in [0.2, 0.25) is 10.0 Å². The van der Waals surface area contributed by atoms with E-state index in [0.717, 1.165) is 0 Å². The van der Waals surface area contributed by atoms with Gasteiger partial charge in [0.2, 0.25) is 5.91 Å². The predicted octanol–water partition coefficient (Wildman–Crippen LogP) is 3.20. The van der Waals surface area contributed by atoms with Gasteiger partial charge in [-0.3, -0.25) is 14.4 Å². The number of halogens is 2. The molecule has 0 aliphatic heterocycles. The average Bonchev–Trinajstić information content (AvgIpc) is 2.76. The van der Waals surface area contributed by atoms with Crippen LogP contribution >= 0.6 is 23.2 Å². The number of nitrogens with one attached hydrogen (secondary N) is 1. The highest BCUT2D eigenvalue weighted by Gasteiger charge is 2.28. The second kappa shape index (κ2) is 12.2. The lowest BCUT2D eigenvalue weighted by atomic mass is 10.0. The van der Waals surface area contributed by atoms with Crippen LogP contribution in [-0.4, -0.2) is 42.9 Å². The summed E-state index contributed by atoms with van der Waals surface area (Å²) < 4.78 is 5.21. The third-order valence-corrected chi connectivity index (χ3v) is 5.22. The van der Waals surface area contributed by atoms with Crippen molar-refractivity contribution in [3.05, 3.63) is 64.1 Å². The molecule has 1 atom stereocenters. The number of carbonyl (C=O) groups is 4. The monoisotopic (exact) mass is 493 g/mol. The van der Waals surface area contributed by atoms with E-state index in [2.05, 4.69) is 5.32 Å². The number of amides is 3. The molecule has 10 heteroatoms. The number of nitrogens with two attached hydrogens (primary N) is 1. The summed E-state index contributed by atoms with van der Waals surface area (Å²) in [6.07, 6.45) is -0.0545. The molecule has 3 N–H and O–H groups in total. The van der Waals surface area contributed by atoms with Crippen molar-refractivity contribution >= 4 is 52.6 Å². The Morgan fingerprint density at radius 3 is 2.30 bits per heavy atom. The van der Waals surface area contributed by atoms with Crippen LogP contribution in [0.15, 0.2) is 48.5 Å². The maximum Gasteiger partial charge on any atom is 0.329 e. The SMILES string of the molecule is CC(C)[C@H](NC(=O)c1ccc(Cl)cc1Cl)C(=O)OCC(=O)N(CCC(N)=O)c1ccccc1. The number of ether oxygens (including phenoxy) is 1. The van der Waals surface area contributed by atoms with Gasteiger partial charge in [0.1, 0.15) is 6.04 Å². The lowest BCUT2D eigenvalue weighted by Gasteiger charge is -2.24. The van der Waals surface area contributed by atoms with Crippen molar-refractivity contribution in [2.45, 2.75) is 26.3 Å². The zero-order valence-electron chi connectivity index (χ0n) is 18.2. The van der Waals surface area contributed by atoms with Gasteiger partial charge in [-0.2, -0.15) is 0 Å². The van der Waals surface area contributed by atoms with Crippen LogP contribution < -0.4 is 16.0 Å². The summed E-state index contributed by atoms with van der Waals surface area (Å²) >= 11 is 11.9. The molecular weight excluding hydrogens is 469 g/mol. The van der Waals surface area contributed by atoms with E-state index in [0.29, 0.717) is 10.7 Å². The largest absolute Gasteiger partial charge is 0.454 e. The van der Waals surface area contributed by atoms with Crippen LogP contribution in [-0.2, 0) is 19.1 Å². The summed E-state index contributed by atoms with van der Waals surface area (Å²) in [5, 5.41) is 3.10. The number of benzene rings is 2. The summed E-state index contributed by atoms with van der Waals surface area (Å²) in [4.78, 5) is 50.6. The topological polar surface area (TPSA) is 119 Å². The Balaban J connectivity index is 2.07. The number of primary amides is 1. The highest BCUT2D eigenvalue weighted by molar-refractivity contribution is 6.36. The van der Waals surface area contributed by atoms with Crippen molar-refractivity contribution in [3.63, 3.8) is 0 Å². The normalized spacial score (nSPS) is 11.5. The fourth-order valence-electron chi connectivity index (χ4n) is 2.92. The molecule has 2 aromatic rings. The maximum absolute atomic E-state index is 12.8. The summed E-state index contributed by atoms with van der Waals surface area (Å²) in [5.74, 6) is -2.79. The van der Waals surface area contributed by atoms with Crippen molar-refractivity contribution in [1.82, 2.24) is 5.32 Å². The third-order valence-electron chi connectivity index (χ3n) is 4.67. The molecule has 0 radical (unpaired) electrons. The van der Waals surface area contributed by atoms with E-state index < -0.39 is 36.3 Å². The van der Waals surface area contributed by atoms with Crippen molar-refractivity contribution < 1.29 is 23.9 Å². The smallest absolute Gasteiger partial charge is 0.329 e. The average molecular weight is 494 g/mol. The van der Waals surface area contributed by atoms with Gasteiger partial charge in [0.15, 0.2) is 6.61 Å². The Morgan fingerprint density at radius 2 is 1.73 bits per heavy atom. The highest BCUT2D eigenvalue weighted by atomic mass is 35.5. The summed E-state index contributed by atoms with van der Waals surface area (Å²) in [5.41, 5.74) is 5.89. The molecule has 33 heavy (non-hydrogen) atoms. The number of para-hydroxylation sites is 1. The van der Waals surface area contributed by atoms with E-state index in [9.17, 15) is 19.2 Å². The van der Waals surface area contributed by atoms with E-state index in [1.165, 1.54) is 23.1 Å². The first-order valence-electron chi connectivity index (χ1n) is 10.2. The minimum Gasteiger partial charge on any atom is -0.454 e. The van der Waals surface area contributed by atoms with Gasteiger partial charge in [-0.1, -0.05) is 55.2 Å². The Labute approximate surface area is 202 Å². The number of hydrogen-bond donors (Lipinski definition) is 2. The van der Waals surface area contributed by atoms with Gasteiger partial charge in [0, 0.05) is 23.7 Å². The minimum atomic E-state index is -1.02. The van der Waals surface area contributed by atoms with Crippen LogP contribution in [0.25, 0.3) is 0 Å². The Kier molecular flexibility index (Phi) is 9.69. The van der Waals surface area contributed by atoms with Crippen molar-refractivity contribution in [2.24, 2.45) is 11.7 Å². The van der Waals surface area contributed by atoms with E-state index in [4.69, 9.17) is 33.7 Å². The number of carbonyl (C=O) groups excluding carboxylic acids is 4. The molecule has 0 spiro atoms. The molecule has 2 aromatic carbocycles. The molecule has 0 aliphatic carbocycles. The molecule has 176 valence electrons. The van der Waals surface area contributed by atoms with Gasteiger partial charge in [-0.15, -0.1) is 0 Å². The van der Waals surface area contributed by atoms with E-state index in [1.807, 2.05) is 0 Å². The van der Waals surface area contributed by atoms with Gasteiger partial charge in [0.05, 0.1) is 10.6 Å². The van der Waals surface area contributed by atoms with Crippen LogP contribution in [0.1, 0.15) is 30.6 Å². The van der Waals surface area contributed by atoms with Gasteiger partial charge in [-0.25, -0.2) is 4.79 Å². The van der Waals surface area contributed by atoms with E-state index in [-0.39, 0.29) is 29.5 Å². The lowest BCUT2D eigenvalue weighted by Crippen LogP contribution is -2.46. The molecule has 0 aromatic heterocycles. The second-order valence-electron chi connectivity index (χ2n) is 7.52. The highest BCUT2D eigenvalue weighted by Crippen LogP contribution is 2.21. The molecule has 0 bridgehead atoms. The minimum absolute atomic E-state index is 0.0368. The summed E-state index contributed by atoms with van der Waals surface area (Å²) in [6.45, 7) is 2.91. The van der Waals surface area contributed by atoms with Crippen LogP contribution in [0, 0.1) is 5.92 Å². The van der Waals surface area contributed by atoms with E-state index >= 15 is 0 Å². The number of nitrogens with zero attached hydrogens (tertiary/aromatic N) is 1. The molecular formula is C23H25Cl2N3O5. The molecule has 0 fully saturated rings. The Morgan fingerprint density at radius 1 is 1.06 bits per heavy atom. The Hall–Kier alpha value is -3.10. The van der Waals surface area contributed by atoms with Gasteiger partial charge in [-0.05, 0) is 36.2 Å². The molecule has 0 saturated heterocycles. The lowest BCUT2D eigenvalue weighted by molar-refractivity contribution is -0.150. The maximum atomic E-state index is 12.8. The zero-order valence-corrected chi connectivity index (χ0v) is 19.7. The molecule has 0 saturated carbocycles. The fraction of sp³-hybridized carbons (Fsp3) is 0.304. The third kappa shape index (κ3) is 7.76. The van der Waals surface area contributed by atoms with Crippen molar-refractivity contribution in [2.75, 3.05) is 18.1 Å². The van der Waals surface area contributed by atoms with Gasteiger partial charge in [0.25, 0.3) is 11.8 Å². The van der Waals surface area contributed by atoms with Crippen LogP contribution in [0.4, 0.5) is 5.69 Å². The first kappa shape index (κ1) is 26.2. The first-order chi connectivity index (χ1) is 15.6. The molecule has 3 amide bonds. The number of esters is 1. The molecule has 0 aliphatic rings. The predicted molar refractivity (Wildman–Crippen MR) is 126 cm³/mol. The number of rotatable bonds is 10. The van der Waals surface area contributed by atoms with Crippen LogP contribution in [0.5, 0.6) is 0 Å². The van der Waals surface area contributed by atoms with Gasteiger partial charge < -0.3 is 20.7 Å². The van der Waals surface area contributed by atoms with Crippen molar-refractivity contribution in [3.8, 4) is 0 Å². The standard InChI is InChI=1S/C23H25Cl2N3O5/c1-14(2)21(27-22(31)17-9-8-15(24)12-18(17)25)23(32)33-13-20(30)28(11-10-19(26)29)16-6-4-3-5-7-16/h3-9,12,14,21H,10-11,13H2,1-2H3,(H2,26,29)(H,27,31)/t21-/m0/s1. The van der Waals surface area contributed by atoms with Gasteiger partial charge >= 0.3 is 5.97 Å². The molecule has 0 heterocycles. The Bertz CT molecular complexity index is 1010. The first-order valence-corrected chi connectivity index (χ1v) is 10.9. The van der Waals surface area contributed by atoms with E-state index in [1.54, 1.807) is 44.2 Å². The quantitative estimate of drug-likeness (QED) is 0.492. The van der Waals surface area contributed by atoms with Crippen molar-refractivity contribution in [1.29, 1.82) is 0 Å². The number of anilines is 1. The van der Waals surface area contributed by atoms with Crippen LogP contribution in [0.3, 0.4) is 0 Å². The second-order valence-corrected chi connectivity index (χ2v) is 8.37. The summed E-state index contributed by atoms with van der Waals surface area (Å²) in [7, 11) is 0. The fourth-order valence-corrected chi connectivity index (χ4v) is 3.41. The molecule has 0 unspecified atom stereocenters. The number of hydrogen-bond acceptors (Lipinski definition) is 5. The molecule has 2 rings (SSSR count).